The van der Waals surface area contributed by atoms with Crippen LogP contribution in [0.15, 0.2) is 24.3 Å². The number of aromatic nitrogens is 3. The second kappa shape index (κ2) is 7.95. The predicted molar refractivity (Wildman–Crippen MR) is 95.1 cm³/mol. The van der Waals surface area contributed by atoms with E-state index in [4.69, 9.17) is 11.6 Å². The van der Waals surface area contributed by atoms with Crippen LogP contribution >= 0.6 is 11.6 Å². The van der Waals surface area contributed by atoms with Crippen LogP contribution in [0.1, 0.15) is 29.8 Å². The fourth-order valence-corrected chi connectivity index (χ4v) is 3.09. The van der Waals surface area contributed by atoms with Crippen LogP contribution in [0, 0.1) is 5.92 Å². The van der Waals surface area contributed by atoms with Crippen LogP contribution in [0.5, 0.6) is 0 Å². The van der Waals surface area contributed by atoms with Crippen molar-refractivity contribution in [3.8, 4) is 5.69 Å². The van der Waals surface area contributed by atoms with Crippen LogP contribution in [-0.2, 0) is 6.42 Å². The molecule has 1 aliphatic rings. The summed E-state index contributed by atoms with van der Waals surface area (Å²) in [5.41, 5.74) is 0.703. The number of halogens is 1. The van der Waals surface area contributed by atoms with Crippen molar-refractivity contribution in [1.29, 1.82) is 0 Å². The molecule has 2 atom stereocenters. The number of β-amino-alcohol motifs (C(OH)–C–C–N with tert-alkyl or cyclic N) is 1. The summed E-state index contributed by atoms with van der Waals surface area (Å²) in [5.74, 6) is 0.471. The monoisotopic (exact) mass is 363 g/mol. The number of carbonyl (C=O) groups excluding carboxylic acids is 1. The van der Waals surface area contributed by atoms with Gasteiger partial charge in [0.2, 0.25) is 5.82 Å². The molecule has 134 valence electrons. The van der Waals surface area contributed by atoms with Crippen LogP contribution in [0.3, 0.4) is 0 Å². The van der Waals surface area contributed by atoms with E-state index in [1.54, 1.807) is 10.7 Å². The lowest BCUT2D eigenvalue weighted by Gasteiger charge is -2.12. The molecule has 1 saturated heterocycles. The lowest BCUT2D eigenvalue weighted by Crippen LogP contribution is -2.34. The van der Waals surface area contributed by atoms with Crippen LogP contribution in [0.25, 0.3) is 5.69 Å². The van der Waals surface area contributed by atoms with Crippen molar-refractivity contribution in [2.75, 3.05) is 19.6 Å². The van der Waals surface area contributed by atoms with E-state index in [1.807, 2.05) is 25.1 Å². The Morgan fingerprint density at radius 3 is 2.92 bits per heavy atom. The summed E-state index contributed by atoms with van der Waals surface area (Å²) in [6, 6.07) is 7.34. The maximum Gasteiger partial charge on any atom is 0.290 e. The van der Waals surface area contributed by atoms with Crippen LogP contribution < -0.4 is 10.6 Å². The highest BCUT2D eigenvalue weighted by atomic mass is 35.5. The molecule has 8 heteroatoms. The first-order valence-corrected chi connectivity index (χ1v) is 8.85. The van der Waals surface area contributed by atoms with Crippen LogP contribution in [0.2, 0.25) is 5.02 Å². The van der Waals surface area contributed by atoms with Gasteiger partial charge < -0.3 is 15.7 Å². The topological polar surface area (TPSA) is 92.1 Å². The number of aliphatic hydroxyl groups excluding tert-OH is 1. The zero-order chi connectivity index (χ0) is 17.8. The van der Waals surface area contributed by atoms with E-state index in [1.165, 1.54) is 0 Å². The van der Waals surface area contributed by atoms with Gasteiger partial charge in [0, 0.05) is 32.0 Å². The van der Waals surface area contributed by atoms with Gasteiger partial charge in [0.05, 0.1) is 16.8 Å². The van der Waals surface area contributed by atoms with Gasteiger partial charge >= 0.3 is 0 Å². The predicted octanol–water partition coefficient (Wildman–Crippen LogP) is 1.18. The Bertz CT molecular complexity index is 748. The molecule has 0 bridgehead atoms. The summed E-state index contributed by atoms with van der Waals surface area (Å²) in [6.45, 7) is 3.67. The van der Waals surface area contributed by atoms with Crippen molar-refractivity contribution in [1.82, 2.24) is 25.4 Å². The minimum Gasteiger partial charge on any atom is -0.391 e. The van der Waals surface area contributed by atoms with Crippen molar-refractivity contribution < 1.29 is 9.90 Å². The fourth-order valence-electron chi connectivity index (χ4n) is 2.87. The van der Waals surface area contributed by atoms with E-state index < -0.39 is 6.10 Å². The number of aliphatic hydroxyl groups is 1. The summed E-state index contributed by atoms with van der Waals surface area (Å²) in [6.07, 6.45) is 1.13. The standard InChI is InChI=1S/C17H22ClN5O2/c1-2-5-15-21-16(17(25)20-9-11-8-19-10-14(11)24)22-23(15)13-7-4-3-6-12(13)18/h3-4,6-7,11,14,19,24H,2,5,8-10H2,1H3,(H,20,25). The molecule has 0 spiro atoms. The molecule has 1 amide bonds. The minimum absolute atomic E-state index is 0.00437. The summed E-state index contributed by atoms with van der Waals surface area (Å²) in [7, 11) is 0. The molecule has 7 nitrogen and oxygen atoms in total. The first kappa shape index (κ1) is 17.8. The summed E-state index contributed by atoms with van der Waals surface area (Å²) in [4.78, 5) is 16.8. The highest BCUT2D eigenvalue weighted by Gasteiger charge is 2.26. The summed E-state index contributed by atoms with van der Waals surface area (Å²) < 4.78 is 1.63. The SMILES string of the molecule is CCCc1nc(C(=O)NCC2CNCC2O)nn1-c1ccccc1Cl. The number of para-hydroxylation sites is 1. The zero-order valence-corrected chi connectivity index (χ0v) is 14.8. The van der Waals surface area contributed by atoms with E-state index in [0.29, 0.717) is 42.6 Å². The van der Waals surface area contributed by atoms with Crippen molar-refractivity contribution in [3.05, 3.63) is 40.9 Å². The van der Waals surface area contributed by atoms with Crippen molar-refractivity contribution >= 4 is 17.5 Å². The number of carbonyl (C=O) groups is 1. The van der Waals surface area contributed by atoms with Gasteiger partial charge in [-0.3, -0.25) is 4.79 Å². The van der Waals surface area contributed by atoms with Crippen molar-refractivity contribution in [2.45, 2.75) is 25.9 Å². The third kappa shape index (κ3) is 4.00. The Balaban J connectivity index is 1.79. The third-order valence-corrected chi connectivity index (χ3v) is 4.58. The molecule has 1 aliphatic heterocycles. The molecule has 2 aromatic rings. The van der Waals surface area contributed by atoms with Crippen LogP contribution in [-0.4, -0.2) is 51.5 Å². The minimum atomic E-state index is -0.440. The van der Waals surface area contributed by atoms with Gasteiger partial charge in [0.1, 0.15) is 5.82 Å². The number of hydrogen-bond donors (Lipinski definition) is 3. The number of nitrogens with zero attached hydrogens (tertiary/aromatic N) is 3. The first-order chi connectivity index (χ1) is 12.1. The Morgan fingerprint density at radius 2 is 2.24 bits per heavy atom. The highest BCUT2D eigenvalue weighted by molar-refractivity contribution is 6.32. The van der Waals surface area contributed by atoms with Crippen LogP contribution in [0.4, 0.5) is 0 Å². The molecule has 25 heavy (non-hydrogen) atoms. The smallest absolute Gasteiger partial charge is 0.290 e. The number of benzene rings is 1. The van der Waals surface area contributed by atoms with E-state index >= 15 is 0 Å². The van der Waals surface area contributed by atoms with E-state index in [9.17, 15) is 9.90 Å². The van der Waals surface area contributed by atoms with Gasteiger partial charge in [-0.15, -0.1) is 5.10 Å². The molecule has 2 unspecified atom stereocenters. The average molecular weight is 364 g/mol. The second-order valence-electron chi connectivity index (χ2n) is 6.16. The third-order valence-electron chi connectivity index (χ3n) is 4.26. The normalized spacial score (nSPS) is 20.0. The Hall–Kier alpha value is -1.96. The molecule has 2 heterocycles. The Kier molecular flexibility index (Phi) is 5.67. The number of nitrogens with one attached hydrogen (secondary N) is 2. The number of hydrogen-bond acceptors (Lipinski definition) is 5. The van der Waals surface area contributed by atoms with Gasteiger partial charge in [-0.25, -0.2) is 9.67 Å². The number of rotatable bonds is 6. The Morgan fingerprint density at radius 1 is 1.44 bits per heavy atom. The fraction of sp³-hybridized carbons (Fsp3) is 0.471. The second-order valence-corrected chi connectivity index (χ2v) is 6.57. The maximum absolute atomic E-state index is 12.4. The number of aryl methyl sites for hydroxylation is 1. The summed E-state index contributed by atoms with van der Waals surface area (Å²) in [5, 5.41) is 20.6. The molecule has 0 aliphatic carbocycles. The van der Waals surface area contributed by atoms with E-state index in [0.717, 1.165) is 6.42 Å². The lowest BCUT2D eigenvalue weighted by molar-refractivity contribution is 0.0917. The van der Waals surface area contributed by atoms with Crippen molar-refractivity contribution in [2.24, 2.45) is 5.92 Å². The molecular formula is C17H22ClN5O2. The first-order valence-electron chi connectivity index (χ1n) is 8.48. The molecule has 1 fully saturated rings. The summed E-state index contributed by atoms with van der Waals surface area (Å²) >= 11 is 6.26. The van der Waals surface area contributed by atoms with E-state index in [2.05, 4.69) is 20.7 Å². The van der Waals surface area contributed by atoms with Gasteiger partial charge in [-0.05, 0) is 18.6 Å². The molecular weight excluding hydrogens is 342 g/mol. The molecule has 3 N–H and O–H groups in total. The molecule has 0 saturated carbocycles. The largest absolute Gasteiger partial charge is 0.391 e. The van der Waals surface area contributed by atoms with Gasteiger partial charge in [-0.1, -0.05) is 30.7 Å². The zero-order valence-electron chi connectivity index (χ0n) is 14.1. The van der Waals surface area contributed by atoms with E-state index in [-0.39, 0.29) is 17.6 Å². The quantitative estimate of drug-likeness (QED) is 0.717. The average Bonchev–Trinajstić information content (AvgIpc) is 3.20. The Labute approximate surface area is 151 Å². The molecule has 1 aromatic carbocycles. The van der Waals surface area contributed by atoms with Crippen molar-refractivity contribution in [3.63, 3.8) is 0 Å². The number of amides is 1. The molecule has 3 rings (SSSR count). The molecule has 0 radical (unpaired) electrons. The van der Waals surface area contributed by atoms with Gasteiger partial charge in [0.15, 0.2) is 0 Å². The molecule has 1 aromatic heterocycles. The van der Waals surface area contributed by atoms with Gasteiger partial charge in [0.25, 0.3) is 5.91 Å². The van der Waals surface area contributed by atoms with Gasteiger partial charge in [-0.2, -0.15) is 0 Å². The highest BCUT2D eigenvalue weighted by Crippen LogP contribution is 2.21. The maximum atomic E-state index is 12.4. The lowest BCUT2D eigenvalue weighted by atomic mass is 10.1.